The predicted molar refractivity (Wildman–Crippen MR) is 63.1 cm³/mol. The molecule has 0 saturated heterocycles. The molecule has 0 heterocycles. The van der Waals surface area contributed by atoms with Crippen LogP contribution in [0.3, 0.4) is 0 Å². The first-order chi connectivity index (χ1) is 8.49. The summed E-state index contributed by atoms with van der Waals surface area (Å²) in [5, 5.41) is 0. The van der Waals surface area contributed by atoms with E-state index in [4.69, 9.17) is 4.74 Å². The molecule has 0 aliphatic carbocycles. The first-order valence-electron chi connectivity index (χ1n) is 5.44. The van der Waals surface area contributed by atoms with Crippen LogP contribution >= 0.6 is 0 Å². The zero-order chi connectivity index (χ0) is 13.7. The summed E-state index contributed by atoms with van der Waals surface area (Å²) in [4.78, 5) is 23.0. The second-order valence-corrected chi connectivity index (χ2v) is 3.89. The minimum absolute atomic E-state index is 0.0248. The van der Waals surface area contributed by atoms with Crippen LogP contribution in [0.2, 0.25) is 0 Å². The Morgan fingerprint density at radius 2 is 2.00 bits per heavy atom. The molecule has 0 fully saturated rings. The van der Waals surface area contributed by atoms with Crippen LogP contribution in [-0.4, -0.2) is 26.0 Å². The number of esters is 1. The number of carbonyl (C=O) groups excluding carboxylic acids is 2. The SMILES string of the molecule is COC(=O)CC(C)C(=O)c1ccc(OC)c(F)c1. The molecule has 0 N–H and O–H groups in total. The summed E-state index contributed by atoms with van der Waals surface area (Å²) in [6.07, 6.45) is -0.0248. The fourth-order valence-corrected chi connectivity index (χ4v) is 1.53. The molecular weight excluding hydrogens is 239 g/mol. The molecule has 1 atom stereocenters. The maximum absolute atomic E-state index is 13.4. The van der Waals surface area contributed by atoms with Crippen LogP contribution in [0.5, 0.6) is 5.75 Å². The van der Waals surface area contributed by atoms with Crippen LogP contribution in [0.1, 0.15) is 23.7 Å². The third kappa shape index (κ3) is 3.29. The van der Waals surface area contributed by atoms with E-state index >= 15 is 0 Å². The van der Waals surface area contributed by atoms with Crippen molar-refractivity contribution in [2.75, 3.05) is 14.2 Å². The van der Waals surface area contributed by atoms with Crippen molar-refractivity contribution >= 4 is 11.8 Å². The minimum atomic E-state index is -0.603. The Hall–Kier alpha value is -1.91. The van der Waals surface area contributed by atoms with Crippen LogP contribution in [0.15, 0.2) is 18.2 Å². The Kier molecular flexibility index (Phi) is 4.83. The summed E-state index contributed by atoms with van der Waals surface area (Å²) >= 11 is 0. The number of carbonyl (C=O) groups is 2. The Morgan fingerprint density at radius 1 is 1.33 bits per heavy atom. The van der Waals surface area contributed by atoms with Crippen LogP contribution in [0.4, 0.5) is 4.39 Å². The number of hydrogen-bond acceptors (Lipinski definition) is 4. The average molecular weight is 254 g/mol. The normalized spacial score (nSPS) is 11.8. The lowest BCUT2D eigenvalue weighted by molar-refractivity contribution is -0.141. The highest BCUT2D eigenvalue weighted by Gasteiger charge is 2.20. The number of halogens is 1. The van der Waals surface area contributed by atoms with Crippen LogP contribution < -0.4 is 4.74 Å². The monoisotopic (exact) mass is 254 g/mol. The molecule has 0 spiro atoms. The fraction of sp³-hybridized carbons (Fsp3) is 0.385. The molecule has 1 rings (SSSR count). The molecule has 98 valence electrons. The van der Waals surface area contributed by atoms with Gasteiger partial charge in [-0.15, -0.1) is 0 Å². The van der Waals surface area contributed by atoms with E-state index in [1.165, 1.54) is 26.4 Å². The highest BCUT2D eigenvalue weighted by Crippen LogP contribution is 2.20. The van der Waals surface area contributed by atoms with Gasteiger partial charge in [0.25, 0.3) is 0 Å². The first kappa shape index (κ1) is 14.2. The molecule has 1 unspecified atom stereocenters. The van der Waals surface area contributed by atoms with Gasteiger partial charge in [0.05, 0.1) is 20.6 Å². The van der Waals surface area contributed by atoms with E-state index in [1.807, 2.05) is 0 Å². The molecule has 0 aliphatic rings. The molecule has 4 nitrogen and oxygen atoms in total. The second kappa shape index (κ2) is 6.14. The van der Waals surface area contributed by atoms with Crippen molar-refractivity contribution in [3.05, 3.63) is 29.6 Å². The van der Waals surface area contributed by atoms with E-state index in [1.54, 1.807) is 6.92 Å². The lowest BCUT2D eigenvalue weighted by Crippen LogP contribution is -2.16. The Morgan fingerprint density at radius 3 is 2.50 bits per heavy atom. The molecular formula is C13H15FO4. The van der Waals surface area contributed by atoms with E-state index in [0.717, 1.165) is 6.07 Å². The van der Waals surface area contributed by atoms with Gasteiger partial charge < -0.3 is 9.47 Å². The number of Topliss-reactive ketones (excluding diaryl/α,β-unsaturated/α-hetero) is 1. The third-order valence-corrected chi connectivity index (χ3v) is 2.58. The maximum Gasteiger partial charge on any atom is 0.306 e. The summed E-state index contributed by atoms with van der Waals surface area (Å²) in [5.41, 5.74) is 0.213. The van der Waals surface area contributed by atoms with Gasteiger partial charge in [-0.05, 0) is 18.2 Å². The van der Waals surface area contributed by atoms with Gasteiger partial charge in [-0.3, -0.25) is 9.59 Å². The van der Waals surface area contributed by atoms with E-state index < -0.39 is 17.7 Å². The number of ether oxygens (including phenoxy) is 2. The van der Waals surface area contributed by atoms with Gasteiger partial charge in [0.15, 0.2) is 17.3 Å². The van der Waals surface area contributed by atoms with Crippen LogP contribution in [0, 0.1) is 11.7 Å². The lowest BCUT2D eigenvalue weighted by Gasteiger charge is -2.10. The number of rotatable bonds is 5. The van der Waals surface area contributed by atoms with E-state index in [-0.39, 0.29) is 23.5 Å². The van der Waals surface area contributed by atoms with Crippen LogP contribution in [-0.2, 0) is 9.53 Å². The summed E-state index contributed by atoms with van der Waals surface area (Å²) in [5.74, 6) is -1.85. The standard InChI is InChI=1S/C13H15FO4/c1-8(6-12(15)18-3)13(16)9-4-5-11(17-2)10(14)7-9/h4-5,7-8H,6H2,1-3H3. The van der Waals surface area contributed by atoms with E-state index in [9.17, 15) is 14.0 Å². The minimum Gasteiger partial charge on any atom is -0.494 e. The molecule has 0 aromatic heterocycles. The molecule has 0 amide bonds. The molecule has 1 aromatic carbocycles. The molecule has 5 heteroatoms. The van der Waals surface area contributed by atoms with Gasteiger partial charge in [0.2, 0.25) is 0 Å². The van der Waals surface area contributed by atoms with Gasteiger partial charge in [0, 0.05) is 11.5 Å². The topological polar surface area (TPSA) is 52.6 Å². The highest BCUT2D eigenvalue weighted by molar-refractivity contribution is 5.99. The van der Waals surface area contributed by atoms with E-state index in [2.05, 4.69) is 4.74 Å². The predicted octanol–water partition coefficient (Wildman–Crippen LogP) is 2.22. The molecule has 18 heavy (non-hydrogen) atoms. The molecule has 0 saturated carbocycles. The highest BCUT2D eigenvalue weighted by atomic mass is 19.1. The van der Waals surface area contributed by atoms with Crippen molar-refractivity contribution in [2.24, 2.45) is 5.92 Å². The lowest BCUT2D eigenvalue weighted by atomic mass is 9.96. The van der Waals surface area contributed by atoms with Gasteiger partial charge >= 0.3 is 5.97 Å². The average Bonchev–Trinajstić information content (AvgIpc) is 2.37. The quantitative estimate of drug-likeness (QED) is 0.597. The first-order valence-corrected chi connectivity index (χ1v) is 5.44. The van der Waals surface area contributed by atoms with Crippen molar-refractivity contribution in [1.82, 2.24) is 0 Å². The number of hydrogen-bond donors (Lipinski definition) is 0. The summed E-state index contributed by atoms with van der Waals surface area (Å²) in [6.45, 7) is 1.60. The molecule has 0 radical (unpaired) electrons. The van der Waals surface area contributed by atoms with Gasteiger partial charge in [-0.2, -0.15) is 0 Å². The molecule has 1 aromatic rings. The second-order valence-electron chi connectivity index (χ2n) is 3.89. The zero-order valence-electron chi connectivity index (χ0n) is 10.5. The molecule has 0 bridgehead atoms. The number of methoxy groups -OCH3 is 2. The smallest absolute Gasteiger partial charge is 0.306 e. The summed E-state index contributed by atoms with van der Waals surface area (Å²) in [6, 6.07) is 3.96. The maximum atomic E-state index is 13.4. The van der Waals surface area contributed by atoms with Crippen molar-refractivity contribution in [3.63, 3.8) is 0 Å². The summed E-state index contributed by atoms with van der Waals surface area (Å²) in [7, 11) is 2.60. The van der Waals surface area contributed by atoms with Crippen molar-refractivity contribution in [2.45, 2.75) is 13.3 Å². The van der Waals surface area contributed by atoms with Crippen LogP contribution in [0.25, 0.3) is 0 Å². The van der Waals surface area contributed by atoms with Crippen molar-refractivity contribution < 1.29 is 23.5 Å². The fourth-order valence-electron chi connectivity index (χ4n) is 1.53. The third-order valence-electron chi connectivity index (χ3n) is 2.58. The summed E-state index contributed by atoms with van der Waals surface area (Å²) < 4.78 is 22.7. The Balaban J connectivity index is 2.84. The Labute approximate surface area is 105 Å². The number of ketones is 1. The van der Waals surface area contributed by atoms with Gasteiger partial charge in [-0.1, -0.05) is 6.92 Å². The number of benzene rings is 1. The molecule has 0 aliphatic heterocycles. The Bertz CT molecular complexity index is 456. The largest absolute Gasteiger partial charge is 0.494 e. The van der Waals surface area contributed by atoms with Gasteiger partial charge in [-0.25, -0.2) is 4.39 Å². The zero-order valence-corrected chi connectivity index (χ0v) is 10.5. The van der Waals surface area contributed by atoms with Crippen molar-refractivity contribution in [3.8, 4) is 5.75 Å². The van der Waals surface area contributed by atoms with Crippen molar-refractivity contribution in [1.29, 1.82) is 0 Å². The van der Waals surface area contributed by atoms with Gasteiger partial charge in [0.1, 0.15) is 0 Å². The van der Waals surface area contributed by atoms with E-state index in [0.29, 0.717) is 0 Å².